The zero-order chi connectivity index (χ0) is 19.6. The van der Waals surface area contributed by atoms with Crippen LogP contribution in [0.4, 0.5) is 0 Å². The first-order chi connectivity index (χ1) is 14.3. The normalized spacial score (nSPS) is 28.1. The Morgan fingerprint density at radius 2 is 1.83 bits per heavy atom. The lowest BCUT2D eigenvalue weighted by molar-refractivity contribution is -0.105. The van der Waals surface area contributed by atoms with Crippen LogP contribution in [-0.4, -0.2) is 23.8 Å². The average molecular weight is 392 g/mol. The molecule has 1 unspecified atom stereocenters. The zero-order valence-corrected chi connectivity index (χ0v) is 17.4. The van der Waals surface area contributed by atoms with Gasteiger partial charge in [-0.15, -0.1) is 0 Å². The summed E-state index contributed by atoms with van der Waals surface area (Å²) in [5, 5.41) is 0. The number of fused-ring (bicyclic) bond motifs is 1. The number of rotatable bonds is 5. The van der Waals surface area contributed by atoms with Crippen molar-refractivity contribution in [2.45, 2.75) is 81.1 Å². The van der Waals surface area contributed by atoms with E-state index in [1.165, 1.54) is 56.2 Å². The number of hydrogen-bond acceptors (Lipinski definition) is 3. The number of hydrogen-bond donors (Lipinski definition) is 0. The van der Waals surface area contributed by atoms with E-state index in [2.05, 4.69) is 36.4 Å². The summed E-state index contributed by atoms with van der Waals surface area (Å²) in [7, 11) is 0. The highest BCUT2D eigenvalue weighted by molar-refractivity contribution is 5.37. The maximum Gasteiger partial charge on any atom is 0.122 e. The van der Waals surface area contributed by atoms with Gasteiger partial charge >= 0.3 is 0 Å². The van der Waals surface area contributed by atoms with Crippen LogP contribution in [0.5, 0.6) is 5.75 Å². The van der Waals surface area contributed by atoms with E-state index in [0.29, 0.717) is 5.92 Å². The van der Waals surface area contributed by atoms with E-state index in [1.807, 2.05) is 12.3 Å². The lowest BCUT2D eigenvalue weighted by atomic mass is 9.67. The first kappa shape index (κ1) is 19.1. The molecule has 3 nitrogen and oxygen atoms in total. The Balaban J connectivity index is 1.34. The molecule has 1 aliphatic carbocycles. The Morgan fingerprint density at radius 1 is 0.966 bits per heavy atom. The van der Waals surface area contributed by atoms with Gasteiger partial charge in [-0.2, -0.15) is 0 Å². The highest BCUT2D eigenvalue weighted by Gasteiger charge is 2.48. The van der Waals surface area contributed by atoms with Crippen LogP contribution in [0.3, 0.4) is 0 Å². The number of nitrogens with zero attached hydrogens (tertiary/aromatic N) is 1. The molecule has 154 valence electrons. The first-order valence-electron chi connectivity index (χ1n) is 11.6. The molecule has 29 heavy (non-hydrogen) atoms. The van der Waals surface area contributed by atoms with Crippen molar-refractivity contribution in [1.82, 2.24) is 4.98 Å². The quantitative estimate of drug-likeness (QED) is 0.610. The number of ether oxygens (including phenoxy) is 2. The fraction of sp³-hybridized carbons (Fsp3) is 0.577. The molecular weight excluding hydrogens is 358 g/mol. The fourth-order valence-corrected chi connectivity index (χ4v) is 6.20. The van der Waals surface area contributed by atoms with E-state index in [-0.39, 0.29) is 11.0 Å². The van der Waals surface area contributed by atoms with E-state index < -0.39 is 0 Å². The maximum atomic E-state index is 6.40. The average Bonchev–Trinajstić information content (AvgIpc) is 3.22. The van der Waals surface area contributed by atoms with Gasteiger partial charge in [-0.05, 0) is 74.6 Å². The van der Waals surface area contributed by atoms with E-state index in [9.17, 15) is 0 Å². The van der Waals surface area contributed by atoms with Gasteiger partial charge in [0.15, 0.2) is 0 Å². The minimum absolute atomic E-state index is 0.112. The number of pyridine rings is 1. The third-order valence-corrected chi connectivity index (χ3v) is 7.66. The van der Waals surface area contributed by atoms with Crippen molar-refractivity contribution < 1.29 is 9.47 Å². The lowest BCUT2D eigenvalue weighted by Crippen LogP contribution is -2.46. The van der Waals surface area contributed by atoms with Gasteiger partial charge < -0.3 is 9.47 Å². The standard InChI is InChI=1S/C26H33NO2/c1-2-10-23-22(9-1)21(12-18-28-23)8-7-13-25(24-11-3-6-17-27-24)16-19-29-26(20-25)14-4-5-15-26/h1-3,6,9-11,17,21H,4-5,7-8,12-16,18-20H2/t21?,25-/m1/s1. The molecule has 1 spiro atoms. The second kappa shape index (κ2) is 8.10. The molecule has 2 aromatic rings. The molecule has 3 heterocycles. The number of para-hydroxylation sites is 1. The van der Waals surface area contributed by atoms with Gasteiger partial charge in [0.2, 0.25) is 0 Å². The van der Waals surface area contributed by atoms with Crippen LogP contribution in [0, 0.1) is 0 Å². The van der Waals surface area contributed by atoms with Crippen LogP contribution in [-0.2, 0) is 10.2 Å². The highest BCUT2D eigenvalue weighted by atomic mass is 16.5. The summed E-state index contributed by atoms with van der Waals surface area (Å²) in [5.41, 5.74) is 2.99. The second-order valence-electron chi connectivity index (χ2n) is 9.42. The first-order valence-corrected chi connectivity index (χ1v) is 11.6. The Hall–Kier alpha value is -1.87. The summed E-state index contributed by atoms with van der Waals surface area (Å²) in [6.07, 6.45) is 14.2. The van der Waals surface area contributed by atoms with Crippen molar-refractivity contribution in [2.24, 2.45) is 0 Å². The van der Waals surface area contributed by atoms with Crippen molar-refractivity contribution >= 4 is 0 Å². The fourth-order valence-electron chi connectivity index (χ4n) is 6.20. The van der Waals surface area contributed by atoms with E-state index >= 15 is 0 Å². The summed E-state index contributed by atoms with van der Waals surface area (Å²) in [4.78, 5) is 4.85. The molecule has 2 fully saturated rings. The van der Waals surface area contributed by atoms with Crippen molar-refractivity contribution in [3.8, 4) is 5.75 Å². The van der Waals surface area contributed by atoms with Gasteiger partial charge in [-0.1, -0.05) is 43.5 Å². The predicted octanol–water partition coefficient (Wildman–Crippen LogP) is 6.18. The Labute approximate surface area is 174 Å². The highest BCUT2D eigenvalue weighted by Crippen LogP contribution is 2.50. The minimum atomic E-state index is 0.112. The van der Waals surface area contributed by atoms with Crippen LogP contribution in [0.15, 0.2) is 48.7 Å². The van der Waals surface area contributed by atoms with Crippen LogP contribution in [0.25, 0.3) is 0 Å². The number of aromatic nitrogens is 1. The monoisotopic (exact) mass is 391 g/mol. The van der Waals surface area contributed by atoms with Crippen molar-refractivity contribution in [3.05, 3.63) is 59.9 Å². The Bertz CT molecular complexity index is 814. The molecular formula is C26H33NO2. The molecule has 3 aliphatic rings. The van der Waals surface area contributed by atoms with Crippen LogP contribution < -0.4 is 4.74 Å². The molecule has 2 aliphatic heterocycles. The molecule has 0 radical (unpaired) electrons. The van der Waals surface area contributed by atoms with Gasteiger partial charge in [0.05, 0.1) is 12.2 Å². The van der Waals surface area contributed by atoms with Gasteiger partial charge in [0.1, 0.15) is 5.75 Å². The molecule has 1 aromatic heterocycles. The van der Waals surface area contributed by atoms with Crippen molar-refractivity contribution in [3.63, 3.8) is 0 Å². The van der Waals surface area contributed by atoms with Gasteiger partial charge in [0, 0.05) is 23.9 Å². The van der Waals surface area contributed by atoms with Gasteiger partial charge in [-0.25, -0.2) is 0 Å². The van der Waals surface area contributed by atoms with Crippen LogP contribution >= 0.6 is 0 Å². The zero-order valence-electron chi connectivity index (χ0n) is 17.4. The molecule has 0 N–H and O–H groups in total. The maximum absolute atomic E-state index is 6.40. The minimum Gasteiger partial charge on any atom is -0.493 e. The van der Waals surface area contributed by atoms with Crippen LogP contribution in [0.1, 0.15) is 81.4 Å². The number of benzene rings is 1. The molecule has 1 aromatic carbocycles. The molecule has 2 atom stereocenters. The summed E-state index contributed by atoms with van der Waals surface area (Å²) in [6, 6.07) is 15.1. The topological polar surface area (TPSA) is 31.4 Å². The Morgan fingerprint density at radius 3 is 2.69 bits per heavy atom. The smallest absolute Gasteiger partial charge is 0.122 e. The van der Waals surface area contributed by atoms with E-state index in [1.54, 1.807) is 0 Å². The molecule has 3 heteroatoms. The molecule has 0 amide bonds. The summed E-state index contributed by atoms with van der Waals surface area (Å²) in [6.45, 7) is 1.74. The van der Waals surface area contributed by atoms with Crippen LogP contribution in [0.2, 0.25) is 0 Å². The molecule has 1 saturated carbocycles. The van der Waals surface area contributed by atoms with E-state index in [4.69, 9.17) is 14.5 Å². The van der Waals surface area contributed by atoms with Crippen molar-refractivity contribution in [1.29, 1.82) is 0 Å². The lowest BCUT2D eigenvalue weighted by Gasteiger charge is -2.46. The van der Waals surface area contributed by atoms with Gasteiger partial charge in [-0.3, -0.25) is 4.98 Å². The van der Waals surface area contributed by atoms with Gasteiger partial charge in [0.25, 0.3) is 0 Å². The Kier molecular flexibility index (Phi) is 5.34. The van der Waals surface area contributed by atoms with Crippen molar-refractivity contribution in [2.75, 3.05) is 13.2 Å². The third kappa shape index (κ3) is 3.82. The van der Waals surface area contributed by atoms with E-state index in [0.717, 1.165) is 38.2 Å². The largest absolute Gasteiger partial charge is 0.493 e. The summed E-state index contributed by atoms with van der Waals surface area (Å²) < 4.78 is 12.3. The molecule has 5 rings (SSSR count). The summed E-state index contributed by atoms with van der Waals surface area (Å²) in [5.74, 6) is 1.72. The summed E-state index contributed by atoms with van der Waals surface area (Å²) >= 11 is 0. The second-order valence-corrected chi connectivity index (χ2v) is 9.42. The SMILES string of the molecule is c1ccc([C@]2(CCCC3CCOc4ccccc43)CCOC3(CCCC3)C2)nc1. The molecule has 0 bridgehead atoms. The molecule has 1 saturated heterocycles. The third-order valence-electron chi connectivity index (χ3n) is 7.66. The predicted molar refractivity (Wildman–Crippen MR) is 115 cm³/mol.